The third kappa shape index (κ3) is 5.02. The average Bonchev–Trinajstić information content (AvgIpc) is 3.27. The molecule has 27 heavy (non-hydrogen) atoms. The lowest BCUT2D eigenvalue weighted by Gasteiger charge is -2.15. The first-order valence-electron chi connectivity index (χ1n) is 9.75. The number of aryl methyl sites for hydroxylation is 2. The summed E-state index contributed by atoms with van der Waals surface area (Å²) in [4.78, 5) is 2.51. The van der Waals surface area contributed by atoms with Gasteiger partial charge in [-0.15, -0.1) is 0 Å². The van der Waals surface area contributed by atoms with Crippen LogP contribution in [0.4, 0.5) is 0 Å². The fraction of sp³-hybridized carbons (Fsp3) is 0.571. The summed E-state index contributed by atoms with van der Waals surface area (Å²) in [7, 11) is 1.67. The second-order valence-corrected chi connectivity index (χ2v) is 7.26. The molecule has 1 aromatic heterocycles. The fourth-order valence-corrected chi connectivity index (χ4v) is 3.59. The van der Waals surface area contributed by atoms with Gasteiger partial charge in [-0.3, -0.25) is 0 Å². The molecule has 0 bridgehead atoms. The number of hydrogen-bond acceptors (Lipinski definition) is 6. The number of aromatic nitrogens is 1. The molecule has 148 valence electrons. The van der Waals surface area contributed by atoms with Crippen molar-refractivity contribution < 1.29 is 14.0 Å². The van der Waals surface area contributed by atoms with Crippen molar-refractivity contribution in [1.82, 2.24) is 15.4 Å². The van der Waals surface area contributed by atoms with Gasteiger partial charge < -0.3 is 24.2 Å². The molecule has 0 saturated carbocycles. The van der Waals surface area contributed by atoms with Gasteiger partial charge in [-0.05, 0) is 63.5 Å². The molecule has 1 unspecified atom stereocenters. The lowest BCUT2D eigenvalue weighted by molar-refractivity contribution is 0.281. The average molecular weight is 373 g/mol. The topological polar surface area (TPSA) is 59.8 Å². The van der Waals surface area contributed by atoms with Crippen molar-refractivity contribution in [3.63, 3.8) is 0 Å². The second kappa shape index (κ2) is 9.24. The van der Waals surface area contributed by atoms with E-state index in [0.717, 1.165) is 54.1 Å². The maximum Gasteiger partial charge on any atom is 0.161 e. The molecule has 1 aliphatic heterocycles. The lowest BCUT2D eigenvalue weighted by atomic mass is 10.1. The molecular weight excluding hydrogens is 342 g/mol. The molecule has 2 heterocycles. The van der Waals surface area contributed by atoms with Gasteiger partial charge in [0.1, 0.15) is 12.4 Å². The van der Waals surface area contributed by atoms with Crippen LogP contribution in [0.1, 0.15) is 35.9 Å². The molecule has 1 aromatic carbocycles. The molecule has 1 N–H and O–H groups in total. The van der Waals surface area contributed by atoms with Crippen molar-refractivity contribution in [2.75, 3.05) is 33.3 Å². The molecule has 0 amide bonds. The quantitative estimate of drug-likeness (QED) is 0.728. The highest BCUT2D eigenvalue weighted by Crippen LogP contribution is 2.29. The van der Waals surface area contributed by atoms with Gasteiger partial charge in [0, 0.05) is 13.1 Å². The van der Waals surface area contributed by atoms with Gasteiger partial charge in [0.2, 0.25) is 0 Å². The minimum atomic E-state index is 0.421. The molecule has 0 radical (unpaired) electrons. The van der Waals surface area contributed by atoms with E-state index in [1.165, 1.54) is 25.1 Å². The maximum absolute atomic E-state index is 5.95. The van der Waals surface area contributed by atoms with Crippen LogP contribution in [-0.2, 0) is 13.2 Å². The molecule has 1 aliphatic rings. The summed E-state index contributed by atoms with van der Waals surface area (Å²) < 4.78 is 16.7. The van der Waals surface area contributed by atoms with Crippen LogP contribution >= 0.6 is 0 Å². The SMILES string of the molecule is CCN1CCC(CNCc2ccc(OCc3c(C)noc3C)c(OC)c2)C1. The Morgan fingerprint density at radius 3 is 2.81 bits per heavy atom. The Kier molecular flexibility index (Phi) is 6.74. The van der Waals surface area contributed by atoms with Crippen molar-refractivity contribution in [3.8, 4) is 11.5 Å². The number of hydrogen-bond donors (Lipinski definition) is 1. The van der Waals surface area contributed by atoms with E-state index in [2.05, 4.69) is 28.4 Å². The second-order valence-electron chi connectivity index (χ2n) is 7.26. The van der Waals surface area contributed by atoms with E-state index in [1.54, 1.807) is 7.11 Å². The van der Waals surface area contributed by atoms with Crippen LogP contribution < -0.4 is 14.8 Å². The Bertz CT molecular complexity index is 725. The van der Waals surface area contributed by atoms with E-state index in [1.807, 2.05) is 26.0 Å². The Balaban J connectivity index is 1.53. The van der Waals surface area contributed by atoms with Gasteiger partial charge in [-0.2, -0.15) is 0 Å². The molecular formula is C21H31N3O3. The highest BCUT2D eigenvalue weighted by Gasteiger charge is 2.20. The van der Waals surface area contributed by atoms with E-state index in [4.69, 9.17) is 14.0 Å². The van der Waals surface area contributed by atoms with Crippen LogP contribution in [0.5, 0.6) is 11.5 Å². The van der Waals surface area contributed by atoms with Crippen LogP contribution in [0.3, 0.4) is 0 Å². The summed E-state index contributed by atoms with van der Waals surface area (Å²) in [5, 5.41) is 7.55. The lowest BCUT2D eigenvalue weighted by Crippen LogP contribution is -2.26. The third-order valence-electron chi connectivity index (χ3n) is 5.36. The molecule has 3 rings (SSSR count). The number of nitrogens with one attached hydrogen (secondary N) is 1. The van der Waals surface area contributed by atoms with Crippen LogP contribution in [0, 0.1) is 19.8 Å². The van der Waals surface area contributed by atoms with E-state index >= 15 is 0 Å². The Morgan fingerprint density at radius 2 is 2.15 bits per heavy atom. The number of nitrogens with zero attached hydrogens (tertiary/aromatic N) is 2. The van der Waals surface area contributed by atoms with Gasteiger partial charge in [-0.25, -0.2) is 0 Å². The first kappa shape index (κ1) is 19.7. The smallest absolute Gasteiger partial charge is 0.161 e. The summed E-state index contributed by atoms with van der Waals surface area (Å²) in [6.45, 7) is 12.0. The van der Waals surface area contributed by atoms with Crippen molar-refractivity contribution in [2.45, 2.75) is 40.3 Å². The van der Waals surface area contributed by atoms with Gasteiger partial charge in [-0.1, -0.05) is 18.1 Å². The number of rotatable bonds is 9. The molecule has 6 nitrogen and oxygen atoms in total. The Labute approximate surface area is 161 Å². The summed E-state index contributed by atoms with van der Waals surface area (Å²) in [5.41, 5.74) is 3.04. The van der Waals surface area contributed by atoms with Gasteiger partial charge in [0.05, 0.1) is 18.4 Å². The van der Waals surface area contributed by atoms with Gasteiger partial charge in [0.25, 0.3) is 0 Å². The third-order valence-corrected chi connectivity index (χ3v) is 5.36. The van der Waals surface area contributed by atoms with E-state index in [-0.39, 0.29) is 0 Å². The number of likely N-dealkylation sites (tertiary alicyclic amines) is 1. The Morgan fingerprint density at radius 1 is 1.30 bits per heavy atom. The monoisotopic (exact) mass is 373 g/mol. The molecule has 2 aromatic rings. The zero-order chi connectivity index (χ0) is 19.2. The minimum Gasteiger partial charge on any atom is -0.493 e. The zero-order valence-electron chi connectivity index (χ0n) is 16.9. The van der Waals surface area contributed by atoms with Crippen LogP contribution in [0.2, 0.25) is 0 Å². The van der Waals surface area contributed by atoms with Gasteiger partial charge >= 0.3 is 0 Å². The van der Waals surface area contributed by atoms with E-state index in [0.29, 0.717) is 6.61 Å². The summed E-state index contributed by atoms with van der Waals surface area (Å²) in [6.07, 6.45) is 1.29. The van der Waals surface area contributed by atoms with E-state index in [9.17, 15) is 0 Å². The summed E-state index contributed by atoms with van der Waals surface area (Å²) in [5.74, 6) is 3.03. The van der Waals surface area contributed by atoms with Crippen LogP contribution in [-0.4, -0.2) is 43.3 Å². The summed E-state index contributed by atoms with van der Waals surface area (Å²) in [6, 6.07) is 6.11. The predicted molar refractivity (Wildman–Crippen MR) is 105 cm³/mol. The standard InChI is InChI=1S/C21H31N3O3/c1-5-24-9-8-18(13-24)12-22-11-17-6-7-20(21(10-17)25-4)26-14-19-15(2)23-27-16(19)3/h6-7,10,18,22H,5,8-9,11-14H2,1-4H3. The van der Waals surface area contributed by atoms with Gasteiger partial charge in [0.15, 0.2) is 11.5 Å². The van der Waals surface area contributed by atoms with Crippen molar-refractivity contribution in [1.29, 1.82) is 0 Å². The van der Waals surface area contributed by atoms with E-state index < -0.39 is 0 Å². The molecule has 1 atom stereocenters. The first-order valence-corrected chi connectivity index (χ1v) is 9.75. The van der Waals surface area contributed by atoms with Crippen molar-refractivity contribution in [3.05, 3.63) is 40.8 Å². The fourth-order valence-electron chi connectivity index (χ4n) is 3.59. The summed E-state index contributed by atoms with van der Waals surface area (Å²) >= 11 is 0. The molecule has 0 aliphatic carbocycles. The largest absolute Gasteiger partial charge is 0.493 e. The molecule has 6 heteroatoms. The number of benzene rings is 1. The predicted octanol–water partition coefficient (Wildman–Crippen LogP) is 3.31. The number of methoxy groups -OCH3 is 1. The first-order chi connectivity index (χ1) is 13.1. The van der Waals surface area contributed by atoms with Crippen molar-refractivity contribution in [2.24, 2.45) is 5.92 Å². The number of ether oxygens (including phenoxy) is 2. The zero-order valence-corrected chi connectivity index (χ0v) is 16.9. The van der Waals surface area contributed by atoms with Crippen LogP contribution in [0.25, 0.3) is 0 Å². The highest BCUT2D eigenvalue weighted by molar-refractivity contribution is 5.43. The minimum absolute atomic E-state index is 0.421. The molecule has 0 spiro atoms. The van der Waals surface area contributed by atoms with Crippen LogP contribution in [0.15, 0.2) is 22.7 Å². The normalized spacial score (nSPS) is 17.4. The molecule has 1 saturated heterocycles. The Hall–Kier alpha value is -2.05. The molecule has 1 fully saturated rings. The van der Waals surface area contributed by atoms with Crippen molar-refractivity contribution >= 4 is 0 Å². The highest BCUT2D eigenvalue weighted by atomic mass is 16.5. The maximum atomic E-state index is 5.95.